The number of rotatable bonds is 7. The third-order valence-corrected chi connectivity index (χ3v) is 1.56. The molecule has 0 saturated carbocycles. The van der Waals surface area contributed by atoms with E-state index in [9.17, 15) is 0 Å². The first-order chi connectivity index (χ1) is 6.06. The molecule has 0 spiro atoms. The molecule has 0 fully saturated rings. The fraction of sp³-hybridized carbons (Fsp3) is 1.00. The maximum absolute atomic E-state index is 5.58. The van der Waals surface area contributed by atoms with Crippen LogP contribution in [-0.2, 0) is 9.47 Å². The van der Waals surface area contributed by atoms with Crippen LogP contribution in [0.1, 0.15) is 41.0 Å². The summed E-state index contributed by atoms with van der Waals surface area (Å²) in [6, 6.07) is 0. The van der Waals surface area contributed by atoms with Gasteiger partial charge < -0.3 is 9.47 Å². The molecule has 2 nitrogen and oxygen atoms in total. The van der Waals surface area contributed by atoms with Gasteiger partial charge in [-0.2, -0.15) is 0 Å². The lowest BCUT2D eigenvalue weighted by Crippen LogP contribution is -2.21. The predicted molar refractivity (Wildman–Crippen MR) is 55.7 cm³/mol. The summed E-state index contributed by atoms with van der Waals surface area (Å²) in [6.07, 6.45) is 0.921. The molecule has 0 unspecified atom stereocenters. The van der Waals surface area contributed by atoms with Crippen molar-refractivity contribution in [1.29, 1.82) is 0 Å². The molecule has 0 heterocycles. The van der Waals surface area contributed by atoms with Gasteiger partial charge in [0.1, 0.15) is 0 Å². The third-order valence-electron chi connectivity index (χ3n) is 1.56. The smallest absolute Gasteiger partial charge is 0.157 e. The molecule has 0 bridgehead atoms. The second kappa shape index (κ2) is 7.34. The third kappa shape index (κ3) is 8.26. The standard InChI is InChI=1S/C11H24O2/c1-6-11(12-7-9(2)3)13-8-10(4)5/h9-11H,6-8H2,1-5H3. The van der Waals surface area contributed by atoms with Crippen LogP contribution >= 0.6 is 0 Å². The van der Waals surface area contributed by atoms with Crippen LogP contribution in [0.5, 0.6) is 0 Å². The fourth-order valence-electron chi connectivity index (χ4n) is 0.883. The molecule has 2 heteroatoms. The fourth-order valence-corrected chi connectivity index (χ4v) is 0.883. The average molecular weight is 188 g/mol. The van der Waals surface area contributed by atoms with E-state index in [2.05, 4.69) is 34.6 Å². The predicted octanol–water partition coefficient (Wildman–Crippen LogP) is 3.07. The van der Waals surface area contributed by atoms with Crippen molar-refractivity contribution in [3.8, 4) is 0 Å². The van der Waals surface area contributed by atoms with Crippen molar-refractivity contribution in [2.24, 2.45) is 11.8 Å². The van der Waals surface area contributed by atoms with Crippen molar-refractivity contribution >= 4 is 0 Å². The molecule has 0 aromatic heterocycles. The van der Waals surface area contributed by atoms with Gasteiger partial charge in [0.25, 0.3) is 0 Å². The molecule has 0 aliphatic heterocycles. The Morgan fingerprint density at radius 1 is 0.846 bits per heavy atom. The highest BCUT2D eigenvalue weighted by Gasteiger charge is 2.08. The number of hydrogen-bond donors (Lipinski definition) is 0. The molecule has 0 saturated heterocycles. The van der Waals surface area contributed by atoms with E-state index >= 15 is 0 Å². The Morgan fingerprint density at radius 3 is 1.46 bits per heavy atom. The Bertz CT molecular complexity index is 98.7. The molecule has 13 heavy (non-hydrogen) atoms. The summed E-state index contributed by atoms with van der Waals surface area (Å²) in [5.74, 6) is 1.16. The Hall–Kier alpha value is -0.0800. The molecule has 0 aromatic rings. The lowest BCUT2D eigenvalue weighted by molar-refractivity contribution is -0.154. The summed E-state index contributed by atoms with van der Waals surface area (Å²) in [6.45, 7) is 12.3. The zero-order valence-corrected chi connectivity index (χ0v) is 9.67. The summed E-state index contributed by atoms with van der Waals surface area (Å²) in [5, 5.41) is 0. The molecular formula is C11H24O2. The van der Waals surface area contributed by atoms with E-state index < -0.39 is 0 Å². The zero-order valence-electron chi connectivity index (χ0n) is 9.67. The van der Waals surface area contributed by atoms with E-state index in [1.165, 1.54) is 0 Å². The van der Waals surface area contributed by atoms with Gasteiger partial charge in [0.05, 0.1) is 13.2 Å². The first-order valence-corrected chi connectivity index (χ1v) is 5.29. The van der Waals surface area contributed by atoms with E-state index in [0.717, 1.165) is 19.6 Å². The van der Waals surface area contributed by atoms with Gasteiger partial charge in [-0.15, -0.1) is 0 Å². The van der Waals surface area contributed by atoms with E-state index in [-0.39, 0.29) is 6.29 Å². The minimum Gasteiger partial charge on any atom is -0.352 e. The first kappa shape index (κ1) is 12.9. The van der Waals surface area contributed by atoms with Crippen LogP contribution in [0, 0.1) is 11.8 Å². The summed E-state index contributed by atoms with van der Waals surface area (Å²) in [4.78, 5) is 0. The van der Waals surface area contributed by atoms with Gasteiger partial charge in [-0.05, 0) is 18.3 Å². The zero-order chi connectivity index (χ0) is 10.3. The highest BCUT2D eigenvalue weighted by Crippen LogP contribution is 2.05. The summed E-state index contributed by atoms with van der Waals surface area (Å²) < 4.78 is 11.2. The molecule has 0 aromatic carbocycles. The quantitative estimate of drug-likeness (QED) is 0.572. The van der Waals surface area contributed by atoms with Gasteiger partial charge in [0.15, 0.2) is 6.29 Å². The van der Waals surface area contributed by atoms with Crippen molar-refractivity contribution < 1.29 is 9.47 Å². The summed E-state index contributed by atoms with van der Waals surface area (Å²) in [7, 11) is 0. The largest absolute Gasteiger partial charge is 0.352 e. The van der Waals surface area contributed by atoms with E-state index in [0.29, 0.717) is 11.8 Å². The van der Waals surface area contributed by atoms with Gasteiger partial charge in [0.2, 0.25) is 0 Å². The Labute approximate surface area is 82.6 Å². The van der Waals surface area contributed by atoms with Crippen LogP contribution in [0.15, 0.2) is 0 Å². The lowest BCUT2D eigenvalue weighted by Gasteiger charge is -2.19. The molecule has 0 aliphatic rings. The molecule has 0 atom stereocenters. The van der Waals surface area contributed by atoms with Crippen LogP contribution < -0.4 is 0 Å². The van der Waals surface area contributed by atoms with E-state index in [1.54, 1.807) is 0 Å². The van der Waals surface area contributed by atoms with Crippen molar-refractivity contribution in [2.75, 3.05) is 13.2 Å². The van der Waals surface area contributed by atoms with Crippen LogP contribution in [0.3, 0.4) is 0 Å². The Morgan fingerprint density at radius 2 is 1.23 bits per heavy atom. The molecular weight excluding hydrogens is 164 g/mol. The monoisotopic (exact) mass is 188 g/mol. The number of ether oxygens (including phenoxy) is 2. The minimum absolute atomic E-state index is 0.00944. The van der Waals surface area contributed by atoms with Gasteiger partial charge in [-0.3, -0.25) is 0 Å². The van der Waals surface area contributed by atoms with E-state index in [1.807, 2.05) is 0 Å². The van der Waals surface area contributed by atoms with Gasteiger partial charge in [-0.1, -0.05) is 34.6 Å². The Kier molecular flexibility index (Phi) is 7.29. The van der Waals surface area contributed by atoms with Gasteiger partial charge in [0, 0.05) is 0 Å². The van der Waals surface area contributed by atoms with Crippen molar-refractivity contribution in [1.82, 2.24) is 0 Å². The average Bonchev–Trinajstić information content (AvgIpc) is 2.04. The SMILES string of the molecule is CCC(OCC(C)C)OCC(C)C. The van der Waals surface area contributed by atoms with Crippen LogP contribution in [-0.4, -0.2) is 19.5 Å². The second-order valence-corrected chi connectivity index (χ2v) is 4.29. The van der Waals surface area contributed by atoms with Crippen LogP contribution in [0.4, 0.5) is 0 Å². The van der Waals surface area contributed by atoms with Crippen LogP contribution in [0.2, 0.25) is 0 Å². The van der Waals surface area contributed by atoms with E-state index in [4.69, 9.17) is 9.47 Å². The normalized spacial score (nSPS) is 12.0. The lowest BCUT2D eigenvalue weighted by atomic mass is 10.2. The highest BCUT2D eigenvalue weighted by molar-refractivity contribution is 4.46. The Balaban J connectivity index is 3.51. The summed E-state index contributed by atoms with van der Waals surface area (Å²) in [5.41, 5.74) is 0. The molecule has 0 N–H and O–H groups in total. The molecule has 0 aliphatic carbocycles. The molecule has 0 rings (SSSR count). The first-order valence-electron chi connectivity index (χ1n) is 5.29. The van der Waals surface area contributed by atoms with Crippen molar-refractivity contribution in [3.63, 3.8) is 0 Å². The van der Waals surface area contributed by atoms with Gasteiger partial charge >= 0.3 is 0 Å². The molecule has 0 radical (unpaired) electrons. The van der Waals surface area contributed by atoms with Crippen LogP contribution in [0.25, 0.3) is 0 Å². The molecule has 0 amide bonds. The minimum atomic E-state index is -0.00944. The summed E-state index contributed by atoms with van der Waals surface area (Å²) >= 11 is 0. The highest BCUT2D eigenvalue weighted by atomic mass is 16.7. The number of hydrogen-bond acceptors (Lipinski definition) is 2. The molecule has 80 valence electrons. The van der Waals surface area contributed by atoms with Crippen molar-refractivity contribution in [3.05, 3.63) is 0 Å². The van der Waals surface area contributed by atoms with Crippen molar-refractivity contribution in [2.45, 2.75) is 47.3 Å². The maximum atomic E-state index is 5.58. The maximum Gasteiger partial charge on any atom is 0.157 e. The second-order valence-electron chi connectivity index (χ2n) is 4.29. The van der Waals surface area contributed by atoms with Gasteiger partial charge in [-0.25, -0.2) is 0 Å². The topological polar surface area (TPSA) is 18.5 Å².